The van der Waals surface area contributed by atoms with Gasteiger partial charge in [-0.3, -0.25) is 10.1 Å². The highest BCUT2D eigenvalue weighted by Gasteiger charge is 2.30. The van der Waals surface area contributed by atoms with Crippen LogP contribution in [0, 0.1) is 15.5 Å². The topological polar surface area (TPSA) is 110 Å². The Morgan fingerprint density at radius 3 is 2.33 bits per heavy atom. The summed E-state index contributed by atoms with van der Waals surface area (Å²) in [6.45, 7) is 3.60. The van der Waals surface area contributed by atoms with Gasteiger partial charge in [-0.15, -0.1) is 0 Å². The van der Waals surface area contributed by atoms with E-state index >= 15 is 0 Å². The second-order valence-electron chi connectivity index (χ2n) is 4.91. The standard InChI is InChI=1S/C13H20N2O5S/c1-3-13(4-2,10-16)9-14-21(19,20)12-8-6-5-7-11(12)15(17)18/h5-8,14,16H,3-4,9-10H2,1-2H3. The first-order valence-corrected chi connectivity index (χ1v) is 8.14. The summed E-state index contributed by atoms with van der Waals surface area (Å²) < 4.78 is 26.9. The molecule has 0 aromatic heterocycles. The van der Waals surface area contributed by atoms with E-state index in [9.17, 15) is 23.6 Å². The van der Waals surface area contributed by atoms with E-state index in [0.717, 1.165) is 6.07 Å². The van der Waals surface area contributed by atoms with Gasteiger partial charge in [0.05, 0.1) is 4.92 Å². The van der Waals surface area contributed by atoms with Gasteiger partial charge in [0.15, 0.2) is 4.90 Å². The van der Waals surface area contributed by atoms with Gasteiger partial charge in [0.2, 0.25) is 10.0 Å². The normalized spacial score (nSPS) is 12.3. The highest BCUT2D eigenvalue weighted by Crippen LogP contribution is 2.27. The lowest BCUT2D eigenvalue weighted by Gasteiger charge is -2.29. The van der Waals surface area contributed by atoms with E-state index in [1.165, 1.54) is 18.2 Å². The number of aliphatic hydroxyl groups excluding tert-OH is 1. The minimum Gasteiger partial charge on any atom is -0.396 e. The fraction of sp³-hybridized carbons (Fsp3) is 0.538. The molecule has 0 spiro atoms. The summed E-state index contributed by atoms with van der Waals surface area (Å²) in [7, 11) is -4.00. The lowest BCUT2D eigenvalue weighted by atomic mass is 9.84. The van der Waals surface area contributed by atoms with Gasteiger partial charge in [0.1, 0.15) is 0 Å². The van der Waals surface area contributed by atoms with Crippen LogP contribution in [0.15, 0.2) is 29.2 Å². The minimum atomic E-state index is -4.00. The van der Waals surface area contributed by atoms with Crippen molar-refractivity contribution >= 4 is 15.7 Å². The van der Waals surface area contributed by atoms with E-state index in [1.54, 1.807) is 0 Å². The van der Waals surface area contributed by atoms with Gasteiger partial charge in [-0.2, -0.15) is 0 Å². The molecule has 0 heterocycles. The first-order valence-electron chi connectivity index (χ1n) is 6.66. The summed E-state index contributed by atoms with van der Waals surface area (Å²) in [5, 5.41) is 20.4. The van der Waals surface area contributed by atoms with Crippen molar-refractivity contribution in [2.75, 3.05) is 13.2 Å². The van der Waals surface area contributed by atoms with E-state index in [2.05, 4.69) is 4.72 Å². The maximum Gasteiger partial charge on any atom is 0.289 e. The maximum atomic E-state index is 12.3. The quantitative estimate of drug-likeness (QED) is 0.560. The van der Waals surface area contributed by atoms with E-state index in [-0.39, 0.29) is 18.0 Å². The van der Waals surface area contributed by atoms with E-state index in [1.807, 2.05) is 13.8 Å². The number of nitrogens with one attached hydrogen (secondary N) is 1. The molecule has 1 aromatic rings. The Labute approximate surface area is 124 Å². The minimum absolute atomic E-state index is 0.0326. The first kappa shape index (κ1) is 17.5. The molecule has 0 saturated heterocycles. The lowest BCUT2D eigenvalue weighted by molar-refractivity contribution is -0.387. The van der Waals surface area contributed by atoms with Crippen LogP contribution in [0.4, 0.5) is 5.69 Å². The zero-order valence-electron chi connectivity index (χ0n) is 12.1. The molecule has 1 aromatic carbocycles. The molecule has 0 unspecified atom stereocenters. The molecule has 1 rings (SSSR count). The van der Waals surface area contributed by atoms with Gasteiger partial charge in [-0.1, -0.05) is 26.0 Å². The van der Waals surface area contributed by atoms with Crippen molar-refractivity contribution < 1.29 is 18.4 Å². The predicted molar refractivity (Wildman–Crippen MR) is 78.4 cm³/mol. The molecule has 0 radical (unpaired) electrons. The SMILES string of the molecule is CCC(CC)(CO)CNS(=O)(=O)c1ccccc1[N+](=O)[O-]. The van der Waals surface area contributed by atoms with Crippen LogP contribution in [0.1, 0.15) is 26.7 Å². The van der Waals surface area contributed by atoms with Gasteiger partial charge in [-0.05, 0) is 18.9 Å². The highest BCUT2D eigenvalue weighted by atomic mass is 32.2. The number of nitrogens with zero attached hydrogens (tertiary/aromatic N) is 1. The van der Waals surface area contributed by atoms with Crippen molar-refractivity contribution in [1.82, 2.24) is 4.72 Å². The molecule has 118 valence electrons. The summed E-state index contributed by atoms with van der Waals surface area (Å²) in [6.07, 6.45) is 1.19. The Balaban J connectivity index is 3.06. The number of nitro groups is 1. The van der Waals surface area contributed by atoms with E-state index in [0.29, 0.717) is 12.8 Å². The van der Waals surface area contributed by atoms with Crippen LogP contribution in [-0.4, -0.2) is 31.6 Å². The Morgan fingerprint density at radius 2 is 1.86 bits per heavy atom. The van der Waals surface area contributed by atoms with Crippen molar-refractivity contribution in [3.05, 3.63) is 34.4 Å². The molecular weight excluding hydrogens is 296 g/mol. The fourth-order valence-corrected chi connectivity index (χ4v) is 3.27. The molecule has 2 N–H and O–H groups in total. The van der Waals surface area contributed by atoms with Gasteiger partial charge in [0, 0.05) is 24.6 Å². The third kappa shape index (κ3) is 3.99. The molecule has 0 amide bonds. The second kappa shape index (κ2) is 6.97. The van der Waals surface area contributed by atoms with Gasteiger partial charge in [0.25, 0.3) is 5.69 Å². The van der Waals surface area contributed by atoms with Crippen LogP contribution in [0.5, 0.6) is 0 Å². The Kier molecular flexibility index (Phi) is 5.82. The number of aliphatic hydroxyl groups is 1. The monoisotopic (exact) mass is 316 g/mol. The number of hydrogen-bond acceptors (Lipinski definition) is 5. The second-order valence-corrected chi connectivity index (χ2v) is 6.65. The molecule has 0 saturated carbocycles. The Morgan fingerprint density at radius 1 is 1.29 bits per heavy atom. The third-order valence-corrected chi connectivity index (χ3v) is 5.27. The number of sulfonamides is 1. The number of hydrogen-bond donors (Lipinski definition) is 2. The van der Waals surface area contributed by atoms with E-state index in [4.69, 9.17) is 0 Å². The number of rotatable bonds is 8. The van der Waals surface area contributed by atoms with Crippen molar-refractivity contribution in [1.29, 1.82) is 0 Å². The van der Waals surface area contributed by atoms with Gasteiger partial charge in [-0.25, -0.2) is 13.1 Å². The van der Waals surface area contributed by atoms with Crippen LogP contribution in [0.25, 0.3) is 0 Å². The largest absolute Gasteiger partial charge is 0.396 e. The van der Waals surface area contributed by atoms with Crippen molar-refractivity contribution in [3.63, 3.8) is 0 Å². The average molecular weight is 316 g/mol. The zero-order valence-corrected chi connectivity index (χ0v) is 12.9. The molecule has 7 nitrogen and oxygen atoms in total. The van der Waals surface area contributed by atoms with Crippen LogP contribution in [-0.2, 0) is 10.0 Å². The van der Waals surface area contributed by atoms with Crippen molar-refractivity contribution in [2.45, 2.75) is 31.6 Å². The number of para-hydroxylation sites is 1. The number of nitro benzene ring substituents is 1. The smallest absolute Gasteiger partial charge is 0.289 e. The van der Waals surface area contributed by atoms with Gasteiger partial charge >= 0.3 is 0 Å². The maximum absolute atomic E-state index is 12.3. The Hall–Kier alpha value is -1.51. The summed E-state index contributed by atoms with van der Waals surface area (Å²) in [5.74, 6) is 0. The highest BCUT2D eigenvalue weighted by molar-refractivity contribution is 7.89. The molecule has 0 bridgehead atoms. The molecule has 0 aliphatic heterocycles. The van der Waals surface area contributed by atoms with Crippen LogP contribution < -0.4 is 4.72 Å². The molecule has 8 heteroatoms. The fourth-order valence-electron chi connectivity index (χ4n) is 1.94. The predicted octanol–water partition coefficient (Wildman–Crippen LogP) is 1.67. The molecule has 21 heavy (non-hydrogen) atoms. The summed E-state index contributed by atoms with van der Waals surface area (Å²) in [5.41, 5.74) is -1.02. The number of benzene rings is 1. The Bertz CT molecular complexity index is 588. The van der Waals surface area contributed by atoms with Crippen LogP contribution >= 0.6 is 0 Å². The molecule has 0 atom stereocenters. The first-order chi connectivity index (χ1) is 9.82. The summed E-state index contributed by atoms with van der Waals surface area (Å²) in [4.78, 5) is 9.82. The zero-order chi connectivity index (χ0) is 16.1. The average Bonchev–Trinajstić information content (AvgIpc) is 2.49. The van der Waals surface area contributed by atoms with Gasteiger partial charge < -0.3 is 5.11 Å². The third-order valence-electron chi connectivity index (χ3n) is 3.82. The molecule has 0 fully saturated rings. The van der Waals surface area contributed by atoms with E-state index < -0.39 is 26.0 Å². The van der Waals surface area contributed by atoms with Crippen molar-refractivity contribution in [2.24, 2.45) is 5.41 Å². The van der Waals surface area contributed by atoms with Crippen molar-refractivity contribution in [3.8, 4) is 0 Å². The molecule has 0 aliphatic carbocycles. The summed E-state index contributed by atoms with van der Waals surface area (Å²) in [6, 6.07) is 5.18. The van der Waals surface area contributed by atoms with Crippen LogP contribution in [0.3, 0.4) is 0 Å². The lowest BCUT2D eigenvalue weighted by Crippen LogP contribution is -2.39. The van der Waals surface area contributed by atoms with Crippen LogP contribution in [0.2, 0.25) is 0 Å². The molecular formula is C13H20N2O5S. The summed E-state index contributed by atoms with van der Waals surface area (Å²) >= 11 is 0. The molecule has 0 aliphatic rings.